The van der Waals surface area contributed by atoms with E-state index in [1.807, 2.05) is 25.1 Å². The topological polar surface area (TPSA) is 213 Å². The second kappa shape index (κ2) is 12.3. The SMILES string of the molecule is CCC(C)OC(=O)[C@H](C)NP(=O)(OC[C@H]1O[C@@H](n2cnc3c(=O)[nH]c(N)nc32)[C@](C)(O)[C@@H]1O)Oc1cccc2ccccc12. The van der Waals surface area contributed by atoms with Gasteiger partial charge in [0.25, 0.3) is 5.56 Å². The van der Waals surface area contributed by atoms with Crippen LogP contribution in [0.2, 0.25) is 0 Å². The molecule has 6 N–H and O–H groups in total. The standard InChI is InChI=1S/C28H35N6O9P/c1-5-15(2)41-25(37)16(3)33-44(39,43-19-12-8-10-17-9-6-7-11-18(17)19)40-13-20-22(35)28(4,38)26(42-20)34-14-30-21-23(34)31-27(29)32-24(21)36/h6-12,14-16,20,22,26,35,38H,5,13H2,1-4H3,(H,33,39)(H3,29,31,32,36)/t15?,16-,20+,22+,26+,28+,44?/m0/s1. The van der Waals surface area contributed by atoms with E-state index in [0.29, 0.717) is 11.8 Å². The molecule has 0 aliphatic carbocycles. The van der Waals surface area contributed by atoms with Crippen molar-refractivity contribution in [3.8, 4) is 5.75 Å². The zero-order chi connectivity index (χ0) is 31.8. The highest BCUT2D eigenvalue weighted by Crippen LogP contribution is 2.48. The van der Waals surface area contributed by atoms with E-state index in [9.17, 15) is 24.4 Å². The number of nitrogens with zero attached hydrogens (tertiary/aromatic N) is 3. The van der Waals surface area contributed by atoms with Crippen molar-refractivity contribution in [2.75, 3.05) is 12.3 Å². The van der Waals surface area contributed by atoms with E-state index in [2.05, 4.69) is 20.0 Å². The van der Waals surface area contributed by atoms with Crippen LogP contribution < -0.4 is 20.9 Å². The van der Waals surface area contributed by atoms with Crippen molar-refractivity contribution >= 4 is 41.6 Å². The summed E-state index contributed by atoms with van der Waals surface area (Å²) in [6.45, 7) is 5.83. The molecular weight excluding hydrogens is 595 g/mol. The number of aliphatic hydroxyl groups is 2. The molecule has 1 saturated heterocycles. The number of ether oxygens (including phenoxy) is 2. The summed E-state index contributed by atoms with van der Waals surface area (Å²) >= 11 is 0. The lowest BCUT2D eigenvalue weighted by Crippen LogP contribution is -2.44. The number of nitrogens with two attached hydrogens (primary N) is 1. The molecule has 7 atom stereocenters. The lowest BCUT2D eigenvalue weighted by Gasteiger charge is -2.27. The van der Waals surface area contributed by atoms with Gasteiger partial charge >= 0.3 is 13.7 Å². The van der Waals surface area contributed by atoms with Crippen molar-refractivity contribution < 1.29 is 38.1 Å². The monoisotopic (exact) mass is 630 g/mol. The number of rotatable bonds is 11. The number of nitrogens with one attached hydrogen (secondary N) is 2. The highest BCUT2D eigenvalue weighted by atomic mass is 31.2. The molecule has 0 radical (unpaired) electrons. The normalized spacial score (nSPS) is 24.6. The van der Waals surface area contributed by atoms with Gasteiger partial charge in [0.05, 0.1) is 19.0 Å². The Balaban J connectivity index is 1.41. The first-order valence-electron chi connectivity index (χ1n) is 14.0. The van der Waals surface area contributed by atoms with Gasteiger partial charge in [-0.25, -0.2) is 9.55 Å². The van der Waals surface area contributed by atoms with Crippen LogP contribution in [-0.2, 0) is 23.4 Å². The van der Waals surface area contributed by atoms with E-state index in [0.717, 1.165) is 5.39 Å². The number of hydrogen-bond acceptors (Lipinski definition) is 12. The van der Waals surface area contributed by atoms with Crippen LogP contribution in [0.25, 0.3) is 21.9 Å². The Morgan fingerprint density at radius 2 is 2.00 bits per heavy atom. The minimum atomic E-state index is -4.38. The Labute approximate surface area is 251 Å². The third kappa shape index (κ3) is 6.20. The predicted molar refractivity (Wildman–Crippen MR) is 160 cm³/mol. The Hall–Kier alpha value is -3.85. The van der Waals surface area contributed by atoms with Gasteiger partial charge in [-0.05, 0) is 38.6 Å². The van der Waals surface area contributed by atoms with Crippen molar-refractivity contribution in [3.05, 3.63) is 59.1 Å². The Morgan fingerprint density at radius 3 is 2.75 bits per heavy atom. The van der Waals surface area contributed by atoms with Crippen LogP contribution in [0.3, 0.4) is 0 Å². The maximum atomic E-state index is 14.2. The van der Waals surface area contributed by atoms with E-state index in [1.165, 1.54) is 24.7 Å². The number of aliphatic hydroxyl groups excluding tert-OH is 1. The highest BCUT2D eigenvalue weighted by Gasteiger charge is 2.54. The molecule has 15 nitrogen and oxygen atoms in total. The summed E-state index contributed by atoms with van der Waals surface area (Å²) < 4.78 is 38.6. The Morgan fingerprint density at radius 1 is 1.27 bits per heavy atom. The maximum absolute atomic E-state index is 14.2. The summed E-state index contributed by atoms with van der Waals surface area (Å²) in [6, 6.07) is 11.3. The lowest BCUT2D eigenvalue weighted by molar-refractivity contribution is -0.150. The number of benzene rings is 2. The minimum Gasteiger partial charge on any atom is -0.462 e. The average molecular weight is 631 g/mol. The summed E-state index contributed by atoms with van der Waals surface area (Å²) in [5.74, 6) is -0.627. The van der Waals surface area contributed by atoms with Gasteiger partial charge in [-0.15, -0.1) is 0 Å². The van der Waals surface area contributed by atoms with Crippen LogP contribution >= 0.6 is 7.75 Å². The number of aromatic amines is 1. The molecule has 2 aromatic carbocycles. The number of carbonyl (C=O) groups is 1. The Bertz CT molecular complexity index is 1770. The molecule has 0 bridgehead atoms. The van der Waals surface area contributed by atoms with Crippen LogP contribution in [0.15, 0.2) is 53.6 Å². The molecule has 236 valence electrons. The lowest BCUT2D eigenvalue weighted by atomic mass is 9.96. The number of fused-ring (bicyclic) bond motifs is 2. The minimum absolute atomic E-state index is 0.0190. The average Bonchev–Trinajstić information content (AvgIpc) is 3.49. The van der Waals surface area contributed by atoms with Gasteiger partial charge in [-0.2, -0.15) is 10.1 Å². The van der Waals surface area contributed by atoms with Crippen molar-refractivity contribution in [1.82, 2.24) is 24.6 Å². The summed E-state index contributed by atoms with van der Waals surface area (Å²) in [4.78, 5) is 35.4. The molecule has 2 unspecified atom stereocenters. The second-order valence-corrected chi connectivity index (χ2v) is 12.5. The molecular formula is C28H35N6O9P. The summed E-state index contributed by atoms with van der Waals surface area (Å²) in [5.41, 5.74) is 3.13. The van der Waals surface area contributed by atoms with Crippen LogP contribution in [0.1, 0.15) is 40.3 Å². The summed E-state index contributed by atoms with van der Waals surface area (Å²) in [5, 5.41) is 26.4. The number of hydrogen-bond donors (Lipinski definition) is 5. The Kier molecular flexibility index (Phi) is 8.80. The molecule has 1 aliphatic heterocycles. The first kappa shape index (κ1) is 31.6. The van der Waals surface area contributed by atoms with Crippen molar-refractivity contribution in [2.45, 2.75) is 70.3 Å². The zero-order valence-corrected chi connectivity index (χ0v) is 25.4. The molecule has 0 spiro atoms. The fourth-order valence-corrected chi connectivity index (χ4v) is 6.35. The number of carbonyl (C=O) groups excluding carboxylic acids is 1. The van der Waals surface area contributed by atoms with Gasteiger partial charge in [0.1, 0.15) is 29.6 Å². The molecule has 5 rings (SSSR count). The number of imidazole rings is 1. The first-order valence-corrected chi connectivity index (χ1v) is 15.6. The van der Waals surface area contributed by atoms with Gasteiger partial charge in [0.15, 0.2) is 17.4 Å². The summed E-state index contributed by atoms with van der Waals surface area (Å²) in [6.07, 6.45) is -2.67. The third-order valence-electron chi connectivity index (χ3n) is 7.43. The third-order valence-corrected chi connectivity index (χ3v) is 9.06. The number of anilines is 1. The molecule has 1 fully saturated rings. The molecule has 4 aromatic rings. The molecule has 1 aliphatic rings. The van der Waals surface area contributed by atoms with Crippen molar-refractivity contribution in [1.29, 1.82) is 0 Å². The second-order valence-electron chi connectivity index (χ2n) is 10.8. The quantitative estimate of drug-likeness (QED) is 0.119. The van der Waals surface area contributed by atoms with Gasteiger partial charge in [-0.1, -0.05) is 43.3 Å². The zero-order valence-electron chi connectivity index (χ0n) is 24.5. The molecule has 2 aromatic heterocycles. The number of aromatic nitrogens is 4. The van der Waals surface area contributed by atoms with E-state index >= 15 is 0 Å². The van der Waals surface area contributed by atoms with Crippen LogP contribution in [0.4, 0.5) is 5.95 Å². The first-order chi connectivity index (χ1) is 20.8. The van der Waals surface area contributed by atoms with Crippen molar-refractivity contribution in [2.24, 2.45) is 0 Å². The maximum Gasteiger partial charge on any atom is 0.459 e. The van der Waals surface area contributed by atoms with E-state index in [4.69, 9.17) is 24.3 Å². The van der Waals surface area contributed by atoms with Crippen molar-refractivity contribution in [3.63, 3.8) is 0 Å². The van der Waals surface area contributed by atoms with E-state index in [-0.39, 0.29) is 29.0 Å². The van der Waals surface area contributed by atoms with E-state index < -0.39 is 56.0 Å². The summed E-state index contributed by atoms with van der Waals surface area (Å²) in [7, 11) is -4.38. The largest absolute Gasteiger partial charge is 0.462 e. The number of esters is 1. The van der Waals surface area contributed by atoms with Gasteiger partial charge in [0.2, 0.25) is 5.95 Å². The molecule has 16 heteroatoms. The van der Waals surface area contributed by atoms with Gasteiger partial charge in [-0.3, -0.25) is 23.7 Å². The fraction of sp³-hybridized carbons (Fsp3) is 0.429. The predicted octanol–water partition coefficient (Wildman–Crippen LogP) is 2.39. The highest BCUT2D eigenvalue weighted by molar-refractivity contribution is 7.52. The number of H-pyrrole nitrogens is 1. The molecule has 0 saturated carbocycles. The molecule has 44 heavy (non-hydrogen) atoms. The molecule has 0 amide bonds. The van der Waals surface area contributed by atoms with Gasteiger partial charge < -0.3 is 29.9 Å². The van der Waals surface area contributed by atoms with Gasteiger partial charge in [0, 0.05) is 5.39 Å². The van der Waals surface area contributed by atoms with Crippen LogP contribution in [-0.4, -0.2) is 72.3 Å². The fourth-order valence-electron chi connectivity index (χ4n) is 4.83. The van der Waals surface area contributed by atoms with Crippen LogP contribution in [0.5, 0.6) is 5.75 Å². The number of nitrogen functional groups attached to an aromatic ring is 1. The molecule has 3 heterocycles. The van der Waals surface area contributed by atoms with E-state index in [1.54, 1.807) is 31.2 Å². The van der Waals surface area contributed by atoms with Crippen LogP contribution in [0, 0.1) is 0 Å². The smallest absolute Gasteiger partial charge is 0.459 e.